The lowest BCUT2D eigenvalue weighted by Crippen LogP contribution is -2.20. The van der Waals surface area contributed by atoms with Crippen molar-refractivity contribution < 1.29 is 0 Å². The Hall–Kier alpha value is -1.39. The van der Waals surface area contributed by atoms with Crippen molar-refractivity contribution in [2.75, 3.05) is 13.1 Å². The largest absolute Gasteiger partial charge is 0.299 e. The van der Waals surface area contributed by atoms with Gasteiger partial charge in [-0.25, -0.2) is 4.98 Å². The summed E-state index contributed by atoms with van der Waals surface area (Å²) in [6.45, 7) is 3.50. The summed E-state index contributed by atoms with van der Waals surface area (Å²) in [7, 11) is 0. The number of halogens is 2. The van der Waals surface area contributed by atoms with Crippen molar-refractivity contribution >= 4 is 36.2 Å². The molecule has 0 saturated carbocycles. The third kappa shape index (κ3) is 4.22. The van der Waals surface area contributed by atoms with Crippen LogP contribution in [0, 0.1) is 5.92 Å². The van der Waals surface area contributed by atoms with Gasteiger partial charge in [-0.05, 0) is 30.0 Å². The molecule has 2 aliphatic rings. The van der Waals surface area contributed by atoms with Crippen molar-refractivity contribution in [2.45, 2.75) is 25.8 Å². The van der Waals surface area contributed by atoms with E-state index in [9.17, 15) is 0 Å². The minimum absolute atomic E-state index is 0. The van der Waals surface area contributed by atoms with Gasteiger partial charge in [0.05, 0.1) is 10.7 Å². The number of aromatic nitrogens is 1. The molecule has 0 bridgehead atoms. The minimum atomic E-state index is 0. The summed E-state index contributed by atoms with van der Waals surface area (Å²) in [5, 5.41) is 1.34. The normalized spacial score (nSPS) is 17.7. The van der Waals surface area contributed by atoms with Gasteiger partial charge in [0.25, 0.3) is 0 Å². The molecule has 0 N–H and O–H groups in total. The number of nitrogens with zero attached hydrogens (tertiary/aromatic N) is 2. The van der Waals surface area contributed by atoms with Crippen LogP contribution in [0.15, 0.2) is 54.6 Å². The number of rotatable bonds is 4. The third-order valence-electron chi connectivity index (χ3n) is 5.45. The van der Waals surface area contributed by atoms with Crippen LogP contribution in [0.25, 0.3) is 11.3 Å². The SMILES string of the molecule is Cl.Cl.c1ccc(CN2CCC(Cc3nc4c(s3)Cc3ccccc3-4)C2)cc1. The number of fused-ring (bicyclic) bond motifs is 3. The van der Waals surface area contributed by atoms with Crippen LogP contribution < -0.4 is 0 Å². The fourth-order valence-corrected chi connectivity index (χ4v) is 5.43. The predicted octanol–water partition coefficient (Wildman–Crippen LogP) is 5.62. The number of hydrogen-bond donors (Lipinski definition) is 0. The average molecular weight is 419 g/mol. The molecule has 1 aromatic heterocycles. The molecular formula is C22H24Cl2N2S. The lowest BCUT2D eigenvalue weighted by Gasteiger charge is -2.15. The molecule has 1 aliphatic heterocycles. The Kier molecular flexibility index (Phi) is 6.59. The fourth-order valence-electron chi connectivity index (χ4n) is 4.21. The maximum Gasteiger partial charge on any atom is 0.0938 e. The van der Waals surface area contributed by atoms with E-state index in [1.165, 1.54) is 51.8 Å². The second kappa shape index (κ2) is 8.74. The van der Waals surface area contributed by atoms with Gasteiger partial charge in [0, 0.05) is 36.4 Å². The molecule has 1 fully saturated rings. The Morgan fingerprint density at radius 1 is 1.00 bits per heavy atom. The van der Waals surface area contributed by atoms with Crippen LogP contribution in [0.4, 0.5) is 0 Å². The number of thiazole rings is 1. The van der Waals surface area contributed by atoms with Crippen LogP contribution in [0.2, 0.25) is 0 Å². The van der Waals surface area contributed by atoms with E-state index < -0.39 is 0 Å². The van der Waals surface area contributed by atoms with Crippen LogP contribution in [0.1, 0.15) is 27.4 Å². The van der Waals surface area contributed by atoms with E-state index in [1.807, 2.05) is 11.3 Å². The Morgan fingerprint density at radius 2 is 1.78 bits per heavy atom. The third-order valence-corrected chi connectivity index (χ3v) is 6.53. The first-order valence-corrected chi connectivity index (χ1v) is 10.00. The topological polar surface area (TPSA) is 16.1 Å². The molecule has 0 spiro atoms. The molecule has 1 aliphatic carbocycles. The molecule has 0 radical (unpaired) electrons. The summed E-state index contributed by atoms with van der Waals surface area (Å²) in [5.41, 5.74) is 5.48. The molecule has 1 atom stereocenters. The highest BCUT2D eigenvalue weighted by Crippen LogP contribution is 2.40. The average Bonchev–Trinajstić information content (AvgIpc) is 3.31. The van der Waals surface area contributed by atoms with E-state index in [4.69, 9.17) is 4.98 Å². The van der Waals surface area contributed by atoms with Crippen molar-refractivity contribution in [1.82, 2.24) is 9.88 Å². The molecule has 142 valence electrons. The van der Waals surface area contributed by atoms with Gasteiger partial charge in [0.2, 0.25) is 0 Å². The summed E-state index contributed by atoms with van der Waals surface area (Å²) in [6.07, 6.45) is 3.52. The summed E-state index contributed by atoms with van der Waals surface area (Å²) in [4.78, 5) is 9.07. The highest BCUT2D eigenvalue weighted by atomic mass is 35.5. The molecule has 27 heavy (non-hydrogen) atoms. The van der Waals surface area contributed by atoms with Gasteiger partial charge in [-0.1, -0.05) is 54.6 Å². The van der Waals surface area contributed by atoms with Gasteiger partial charge in [0.15, 0.2) is 0 Å². The molecular weight excluding hydrogens is 395 g/mol. The first-order valence-electron chi connectivity index (χ1n) is 9.18. The molecule has 5 heteroatoms. The van der Waals surface area contributed by atoms with E-state index in [0.29, 0.717) is 0 Å². The van der Waals surface area contributed by atoms with Gasteiger partial charge in [-0.3, -0.25) is 4.90 Å². The van der Waals surface area contributed by atoms with Gasteiger partial charge in [0.1, 0.15) is 0 Å². The monoisotopic (exact) mass is 418 g/mol. The molecule has 3 aromatic rings. The highest BCUT2D eigenvalue weighted by molar-refractivity contribution is 7.12. The Balaban J connectivity index is 0.00000105. The maximum atomic E-state index is 5.00. The molecule has 1 saturated heterocycles. The zero-order valence-corrected chi connectivity index (χ0v) is 17.6. The van der Waals surface area contributed by atoms with Crippen molar-refractivity contribution in [1.29, 1.82) is 0 Å². The van der Waals surface area contributed by atoms with Gasteiger partial charge in [-0.15, -0.1) is 36.2 Å². The Bertz CT molecular complexity index is 894. The fraction of sp³-hybridized carbons (Fsp3) is 0.318. The molecule has 1 unspecified atom stereocenters. The summed E-state index contributed by atoms with van der Waals surface area (Å²) in [5.74, 6) is 0.755. The second-order valence-corrected chi connectivity index (χ2v) is 8.46. The van der Waals surface area contributed by atoms with E-state index in [2.05, 4.69) is 59.5 Å². The van der Waals surface area contributed by atoms with Crippen molar-refractivity contribution in [2.24, 2.45) is 5.92 Å². The van der Waals surface area contributed by atoms with Crippen LogP contribution >= 0.6 is 36.2 Å². The van der Waals surface area contributed by atoms with Crippen LogP contribution in [0.3, 0.4) is 0 Å². The smallest absolute Gasteiger partial charge is 0.0938 e. The second-order valence-electron chi connectivity index (χ2n) is 7.29. The zero-order chi connectivity index (χ0) is 16.6. The van der Waals surface area contributed by atoms with E-state index >= 15 is 0 Å². The molecule has 2 nitrogen and oxygen atoms in total. The van der Waals surface area contributed by atoms with Gasteiger partial charge in [-0.2, -0.15) is 0 Å². The lowest BCUT2D eigenvalue weighted by atomic mass is 10.1. The Labute approximate surface area is 177 Å². The highest BCUT2D eigenvalue weighted by Gasteiger charge is 2.27. The number of hydrogen-bond acceptors (Lipinski definition) is 3. The summed E-state index contributed by atoms with van der Waals surface area (Å²) < 4.78 is 0. The van der Waals surface area contributed by atoms with Crippen molar-refractivity contribution in [3.8, 4) is 11.3 Å². The predicted molar refractivity (Wildman–Crippen MR) is 118 cm³/mol. The molecule has 2 heterocycles. The van der Waals surface area contributed by atoms with Crippen molar-refractivity contribution in [3.05, 3.63) is 75.6 Å². The van der Waals surface area contributed by atoms with Crippen LogP contribution in [-0.4, -0.2) is 23.0 Å². The molecule has 0 amide bonds. The van der Waals surface area contributed by atoms with Gasteiger partial charge >= 0.3 is 0 Å². The molecule has 2 aromatic carbocycles. The minimum Gasteiger partial charge on any atom is -0.299 e. The number of likely N-dealkylation sites (tertiary alicyclic amines) is 1. The first-order chi connectivity index (χ1) is 12.3. The zero-order valence-electron chi connectivity index (χ0n) is 15.1. The van der Waals surface area contributed by atoms with Gasteiger partial charge < -0.3 is 0 Å². The van der Waals surface area contributed by atoms with Crippen LogP contribution in [0.5, 0.6) is 0 Å². The van der Waals surface area contributed by atoms with Crippen LogP contribution in [-0.2, 0) is 19.4 Å². The maximum absolute atomic E-state index is 5.00. The standard InChI is InChI=1S/C22H22N2S.2ClH/c1-2-6-16(7-3-1)14-24-11-10-17(15-24)12-21-23-22-19-9-5-4-8-18(19)13-20(22)25-21;;/h1-9,17H,10-15H2;2*1H. The van der Waals surface area contributed by atoms with E-state index in [0.717, 1.165) is 25.3 Å². The van der Waals surface area contributed by atoms with E-state index in [-0.39, 0.29) is 24.8 Å². The first kappa shape index (κ1) is 20.3. The van der Waals surface area contributed by atoms with E-state index in [1.54, 1.807) is 0 Å². The van der Waals surface area contributed by atoms with Crippen molar-refractivity contribution in [3.63, 3.8) is 0 Å². The Morgan fingerprint density at radius 3 is 2.63 bits per heavy atom. The molecule has 5 rings (SSSR count). The number of benzene rings is 2. The summed E-state index contributed by atoms with van der Waals surface area (Å²) >= 11 is 1.94. The lowest BCUT2D eigenvalue weighted by molar-refractivity contribution is 0.316. The summed E-state index contributed by atoms with van der Waals surface area (Å²) in [6, 6.07) is 19.6. The quantitative estimate of drug-likeness (QED) is 0.427.